The normalized spacial score (nSPS) is 11.6. The highest BCUT2D eigenvalue weighted by Crippen LogP contribution is 2.08. The fourth-order valence-electron chi connectivity index (χ4n) is 1.70. The van der Waals surface area contributed by atoms with Crippen LogP contribution < -0.4 is 5.73 Å². The summed E-state index contributed by atoms with van der Waals surface area (Å²) >= 11 is 1.71. The van der Waals surface area contributed by atoms with Gasteiger partial charge in [0, 0.05) is 13.6 Å². The molecule has 5 heteroatoms. The molecule has 3 nitrogen and oxygen atoms in total. The van der Waals surface area contributed by atoms with Gasteiger partial charge < -0.3 is 10.6 Å². The van der Waals surface area contributed by atoms with E-state index in [4.69, 9.17) is 5.73 Å². The monoisotopic (exact) mass is 302 g/mol. The lowest BCUT2D eigenvalue weighted by Crippen LogP contribution is -2.41. The molecule has 0 unspecified atom stereocenters. The van der Waals surface area contributed by atoms with E-state index in [1.807, 2.05) is 18.4 Å². The van der Waals surface area contributed by atoms with Crippen molar-refractivity contribution in [1.82, 2.24) is 4.90 Å². The second-order valence-corrected chi connectivity index (χ2v) is 5.55. The lowest BCUT2D eigenvalue weighted by Gasteiger charge is -2.21. The highest BCUT2D eigenvalue weighted by molar-refractivity contribution is 7.98. The van der Waals surface area contributed by atoms with Crippen molar-refractivity contribution in [2.24, 2.45) is 5.73 Å². The average molecular weight is 303 g/mol. The molecular weight excluding hydrogens is 280 g/mol. The summed E-state index contributed by atoms with van der Waals surface area (Å²) in [5.74, 6) is 0.940. The van der Waals surface area contributed by atoms with Crippen molar-refractivity contribution in [2.75, 3.05) is 19.1 Å². The van der Waals surface area contributed by atoms with Gasteiger partial charge in [0.2, 0.25) is 5.91 Å². The Labute approximate surface area is 126 Å². The van der Waals surface area contributed by atoms with E-state index in [2.05, 4.69) is 19.1 Å². The van der Waals surface area contributed by atoms with Crippen LogP contribution in [0.1, 0.15) is 17.5 Å². The number of carbonyl (C=O) groups is 1. The van der Waals surface area contributed by atoms with Crippen LogP contribution >= 0.6 is 24.2 Å². The minimum atomic E-state index is -0.382. The van der Waals surface area contributed by atoms with E-state index in [0.29, 0.717) is 6.54 Å². The number of hydrogen-bond acceptors (Lipinski definition) is 3. The molecule has 0 fully saturated rings. The zero-order valence-corrected chi connectivity index (χ0v) is 13.4. The third-order valence-electron chi connectivity index (χ3n) is 2.87. The Hall–Kier alpha value is -0.710. The molecule has 0 aliphatic rings. The van der Waals surface area contributed by atoms with Gasteiger partial charge in [-0.3, -0.25) is 4.79 Å². The number of aryl methyl sites for hydroxylation is 1. The minimum Gasteiger partial charge on any atom is -0.340 e. The molecule has 0 heterocycles. The van der Waals surface area contributed by atoms with Crippen LogP contribution in [-0.4, -0.2) is 35.9 Å². The van der Waals surface area contributed by atoms with Crippen LogP contribution in [0.4, 0.5) is 0 Å². The smallest absolute Gasteiger partial charge is 0.239 e. The summed E-state index contributed by atoms with van der Waals surface area (Å²) in [7, 11) is 1.81. The molecule has 1 atom stereocenters. The number of rotatable bonds is 6. The summed E-state index contributed by atoms with van der Waals surface area (Å²) in [5, 5.41) is 0. The van der Waals surface area contributed by atoms with Crippen molar-refractivity contribution in [3.8, 4) is 0 Å². The number of carbonyl (C=O) groups excluding carboxylic acids is 1. The maximum Gasteiger partial charge on any atom is 0.239 e. The summed E-state index contributed by atoms with van der Waals surface area (Å²) in [6, 6.07) is 7.83. The van der Waals surface area contributed by atoms with Crippen molar-refractivity contribution in [2.45, 2.75) is 25.9 Å². The largest absolute Gasteiger partial charge is 0.340 e. The zero-order chi connectivity index (χ0) is 13.5. The molecule has 0 saturated carbocycles. The third-order valence-corrected chi connectivity index (χ3v) is 3.51. The SMILES string of the molecule is CSCC[C@H](N)C(=O)N(C)Cc1ccc(C)cc1.Cl. The molecule has 19 heavy (non-hydrogen) atoms. The average Bonchev–Trinajstić information content (AvgIpc) is 2.37. The molecule has 2 N–H and O–H groups in total. The van der Waals surface area contributed by atoms with Gasteiger partial charge in [0.1, 0.15) is 0 Å². The predicted molar refractivity (Wildman–Crippen MR) is 85.9 cm³/mol. The van der Waals surface area contributed by atoms with Crippen LogP contribution in [0.5, 0.6) is 0 Å². The van der Waals surface area contributed by atoms with E-state index >= 15 is 0 Å². The number of nitrogens with two attached hydrogens (primary N) is 1. The fourth-order valence-corrected chi connectivity index (χ4v) is 2.19. The highest BCUT2D eigenvalue weighted by atomic mass is 35.5. The van der Waals surface area contributed by atoms with E-state index in [0.717, 1.165) is 17.7 Å². The summed E-state index contributed by atoms with van der Waals surface area (Å²) < 4.78 is 0. The summed E-state index contributed by atoms with van der Waals surface area (Å²) in [6.45, 7) is 2.67. The first-order valence-electron chi connectivity index (χ1n) is 6.09. The van der Waals surface area contributed by atoms with Gasteiger partial charge in [0.15, 0.2) is 0 Å². The predicted octanol–water partition coefficient (Wildman–Crippen LogP) is 2.46. The minimum absolute atomic E-state index is 0. The van der Waals surface area contributed by atoms with Gasteiger partial charge >= 0.3 is 0 Å². The molecule has 108 valence electrons. The maximum absolute atomic E-state index is 12.0. The van der Waals surface area contributed by atoms with Crippen LogP contribution in [-0.2, 0) is 11.3 Å². The molecule has 1 aromatic rings. The second-order valence-electron chi connectivity index (χ2n) is 4.57. The number of likely N-dealkylation sites (N-methyl/N-ethyl adjacent to an activating group) is 1. The molecule has 1 rings (SSSR count). The Balaban J connectivity index is 0.00000324. The topological polar surface area (TPSA) is 46.3 Å². The van der Waals surface area contributed by atoms with Gasteiger partial charge in [-0.2, -0.15) is 11.8 Å². The van der Waals surface area contributed by atoms with E-state index in [1.54, 1.807) is 23.7 Å². The summed E-state index contributed by atoms with van der Waals surface area (Å²) in [4.78, 5) is 13.7. The van der Waals surface area contributed by atoms with E-state index < -0.39 is 0 Å². The van der Waals surface area contributed by atoms with E-state index in [-0.39, 0.29) is 24.4 Å². The van der Waals surface area contributed by atoms with Gasteiger partial charge in [-0.15, -0.1) is 12.4 Å². The number of thioether (sulfide) groups is 1. The Bertz CT molecular complexity index is 384. The first-order chi connectivity index (χ1) is 8.54. The molecule has 0 bridgehead atoms. The Morgan fingerprint density at radius 1 is 1.37 bits per heavy atom. The Kier molecular flexibility index (Phi) is 8.89. The van der Waals surface area contributed by atoms with Crippen molar-refractivity contribution in [1.29, 1.82) is 0 Å². The molecule has 0 aliphatic heterocycles. The third kappa shape index (κ3) is 6.32. The van der Waals surface area contributed by atoms with Gasteiger partial charge in [0.25, 0.3) is 0 Å². The number of amides is 1. The molecule has 0 spiro atoms. The molecule has 0 radical (unpaired) electrons. The lowest BCUT2D eigenvalue weighted by molar-refractivity contribution is -0.131. The van der Waals surface area contributed by atoms with Gasteiger partial charge in [0.05, 0.1) is 6.04 Å². The quantitative estimate of drug-likeness (QED) is 0.878. The Morgan fingerprint density at radius 3 is 2.47 bits per heavy atom. The molecule has 0 saturated heterocycles. The zero-order valence-electron chi connectivity index (χ0n) is 11.8. The van der Waals surface area contributed by atoms with Gasteiger partial charge in [-0.1, -0.05) is 29.8 Å². The first kappa shape index (κ1) is 18.3. The summed E-state index contributed by atoms with van der Waals surface area (Å²) in [5.41, 5.74) is 8.24. The van der Waals surface area contributed by atoms with Crippen molar-refractivity contribution in [3.05, 3.63) is 35.4 Å². The molecule has 1 amide bonds. The molecule has 0 aromatic heterocycles. The standard InChI is InChI=1S/C14H22N2OS.ClH/c1-11-4-6-12(7-5-11)10-16(2)14(17)13(15)8-9-18-3;/h4-7,13H,8-10,15H2,1-3H3;1H/t13-;/m0./s1. The van der Waals surface area contributed by atoms with Gasteiger partial charge in [-0.25, -0.2) is 0 Å². The van der Waals surface area contributed by atoms with Crippen LogP contribution in [0, 0.1) is 6.92 Å². The number of nitrogens with zero attached hydrogens (tertiary/aromatic N) is 1. The van der Waals surface area contributed by atoms with Crippen molar-refractivity contribution >= 4 is 30.1 Å². The summed E-state index contributed by atoms with van der Waals surface area (Å²) in [6.07, 6.45) is 2.76. The van der Waals surface area contributed by atoms with Crippen LogP contribution in [0.3, 0.4) is 0 Å². The molecule has 0 aliphatic carbocycles. The maximum atomic E-state index is 12.0. The molecular formula is C14H23ClN2OS. The van der Waals surface area contributed by atoms with Gasteiger partial charge in [-0.05, 0) is 30.9 Å². The van der Waals surface area contributed by atoms with E-state index in [1.165, 1.54) is 5.56 Å². The van der Waals surface area contributed by atoms with Crippen molar-refractivity contribution in [3.63, 3.8) is 0 Å². The fraction of sp³-hybridized carbons (Fsp3) is 0.500. The van der Waals surface area contributed by atoms with Crippen LogP contribution in [0.15, 0.2) is 24.3 Å². The van der Waals surface area contributed by atoms with Crippen molar-refractivity contribution < 1.29 is 4.79 Å². The second kappa shape index (κ2) is 9.23. The Morgan fingerprint density at radius 2 is 1.95 bits per heavy atom. The van der Waals surface area contributed by atoms with Crippen LogP contribution in [0.2, 0.25) is 0 Å². The first-order valence-corrected chi connectivity index (χ1v) is 7.49. The lowest BCUT2D eigenvalue weighted by atomic mass is 10.1. The highest BCUT2D eigenvalue weighted by Gasteiger charge is 2.17. The molecule has 1 aromatic carbocycles. The number of halogens is 1. The van der Waals surface area contributed by atoms with E-state index in [9.17, 15) is 4.79 Å². The van der Waals surface area contributed by atoms with Crippen LogP contribution in [0.25, 0.3) is 0 Å². The number of benzene rings is 1. The number of hydrogen-bond donors (Lipinski definition) is 1.